The number of halogens is 6. The van der Waals surface area contributed by atoms with Crippen LogP contribution in [0.5, 0.6) is 0 Å². The third kappa shape index (κ3) is 5.37. The molecule has 6 nitrogen and oxygen atoms in total. The summed E-state index contributed by atoms with van der Waals surface area (Å²) in [6.07, 6.45) is -3.20. The number of nitrogens with zero attached hydrogens (tertiary/aromatic N) is 2. The summed E-state index contributed by atoms with van der Waals surface area (Å²) >= 11 is 5.93. The van der Waals surface area contributed by atoms with Crippen LogP contribution in [0.4, 0.5) is 28.9 Å². The largest absolute Gasteiger partial charge is 0.433 e. The molecule has 0 aliphatic rings. The third-order valence-electron chi connectivity index (χ3n) is 4.99. The monoisotopic (exact) mass is 548 g/mol. The minimum absolute atomic E-state index is 0. The topological polar surface area (TPSA) is 76.0 Å². The Hall–Kier alpha value is -2.86. The van der Waals surface area contributed by atoms with Crippen LogP contribution in [0.1, 0.15) is 11.3 Å². The Bertz CT molecular complexity index is 1490. The van der Waals surface area contributed by atoms with E-state index in [4.69, 9.17) is 11.6 Å². The molecule has 0 aliphatic carbocycles. The lowest BCUT2D eigenvalue weighted by molar-refractivity contribution is -0.141. The fourth-order valence-electron chi connectivity index (χ4n) is 3.46. The molecule has 2 heterocycles. The Morgan fingerprint density at radius 3 is 2.46 bits per heavy atom. The highest BCUT2D eigenvalue weighted by Crippen LogP contribution is 2.34. The zero-order valence-corrected chi connectivity index (χ0v) is 20.3. The first kappa shape index (κ1) is 26.7. The first-order valence-electron chi connectivity index (χ1n) is 9.81. The number of hydrogen-bond acceptors (Lipinski definition) is 5. The molecule has 4 aromatic rings. The Morgan fingerprint density at radius 2 is 1.83 bits per heavy atom. The summed E-state index contributed by atoms with van der Waals surface area (Å²) in [5.41, 5.74) is 0.301. The maximum absolute atomic E-state index is 13.7. The predicted molar refractivity (Wildman–Crippen MR) is 128 cm³/mol. The summed E-state index contributed by atoms with van der Waals surface area (Å²) in [5.74, 6) is -0.695. The number of alkyl halides is 3. The highest BCUT2D eigenvalue weighted by atomic mass is 35.5. The number of aromatic nitrogens is 2. The van der Waals surface area contributed by atoms with Gasteiger partial charge in [0.25, 0.3) is 10.0 Å². The van der Waals surface area contributed by atoms with E-state index < -0.39 is 32.9 Å². The van der Waals surface area contributed by atoms with E-state index in [0.717, 1.165) is 28.2 Å². The van der Waals surface area contributed by atoms with E-state index in [0.29, 0.717) is 23.2 Å². The Kier molecular flexibility index (Phi) is 7.65. The first-order chi connectivity index (χ1) is 16.0. The highest BCUT2D eigenvalue weighted by molar-refractivity contribution is 7.90. The molecular formula is C22H18Cl2F4N4O2S. The number of nitrogens with one attached hydrogen (secondary N) is 2. The maximum Gasteiger partial charge on any atom is 0.433 e. The molecule has 0 saturated heterocycles. The average molecular weight is 549 g/mol. The number of benzene rings is 2. The van der Waals surface area contributed by atoms with Gasteiger partial charge in [-0.3, -0.25) is 0 Å². The van der Waals surface area contributed by atoms with Crippen LogP contribution in [0.15, 0.2) is 65.7 Å². The summed E-state index contributed by atoms with van der Waals surface area (Å²) in [6.45, 7) is 0.365. The lowest BCUT2D eigenvalue weighted by Gasteiger charge is -2.12. The van der Waals surface area contributed by atoms with Crippen LogP contribution in [-0.4, -0.2) is 24.4 Å². The number of pyridine rings is 1. The second kappa shape index (κ2) is 10.0. The van der Waals surface area contributed by atoms with E-state index in [1.54, 1.807) is 19.2 Å². The van der Waals surface area contributed by atoms with E-state index in [9.17, 15) is 26.0 Å². The minimum Gasteiger partial charge on any atom is -0.353 e. The average Bonchev–Trinajstić information content (AvgIpc) is 3.13. The van der Waals surface area contributed by atoms with Gasteiger partial charge in [0, 0.05) is 23.8 Å². The van der Waals surface area contributed by atoms with Crippen molar-refractivity contribution in [3.8, 4) is 0 Å². The molecule has 4 rings (SSSR count). The van der Waals surface area contributed by atoms with Crippen molar-refractivity contribution in [2.24, 2.45) is 0 Å². The first-order valence-corrected chi connectivity index (χ1v) is 11.6. The predicted octanol–water partition coefficient (Wildman–Crippen LogP) is 5.97. The maximum atomic E-state index is 13.7. The number of rotatable bonds is 6. The Morgan fingerprint density at radius 1 is 1.09 bits per heavy atom. The quantitative estimate of drug-likeness (QED) is 0.229. The molecule has 0 unspecified atom stereocenters. The molecule has 0 aliphatic heterocycles. The number of fused-ring (bicyclic) bond motifs is 1. The van der Waals surface area contributed by atoms with Crippen LogP contribution in [0.2, 0.25) is 5.15 Å². The Labute approximate surface area is 209 Å². The van der Waals surface area contributed by atoms with Gasteiger partial charge < -0.3 is 10.6 Å². The van der Waals surface area contributed by atoms with Gasteiger partial charge in [-0.05, 0) is 55.1 Å². The molecule has 2 N–H and O–H groups in total. The zero-order valence-electron chi connectivity index (χ0n) is 17.9. The fourth-order valence-corrected chi connectivity index (χ4v) is 5.07. The van der Waals surface area contributed by atoms with Crippen molar-refractivity contribution in [2.45, 2.75) is 17.6 Å². The second-order valence-electron chi connectivity index (χ2n) is 7.33. The highest BCUT2D eigenvalue weighted by Gasteiger charge is 2.33. The van der Waals surface area contributed by atoms with E-state index >= 15 is 0 Å². The van der Waals surface area contributed by atoms with Gasteiger partial charge in [-0.15, -0.1) is 12.4 Å². The summed E-state index contributed by atoms with van der Waals surface area (Å²) in [7, 11) is -2.44. The summed E-state index contributed by atoms with van der Waals surface area (Å²) in [6, 6.07) is 11.4. The summed E-state index contributed by atoms with van der Waals surface area (Å²) < 4.78 is 79.9. The smallest absolute Gasteiger partial charge is 0.353 e. The molecule has 2 aromatic heterocycles. The fraction of sp³-hybridized carbons (Fsp3) is 0.136. The lowest BCUT2D eigenvalue weighted by atomic mass is 10.1. The van der Waals surface area contributed by atoms with Gasteiger partial charge in [-0.2, -0.15) is 13.2 Å². The van der Waals surface area contributed by atoms with Gasteiger partial charge in [0.15, 0.2) is 5.15 Å². The van der Waals surface area contributed by atoms with Gasteiger partial charge in [-0.25, -0.2) is 21.8 Å². The van der Waals surface area contributed by atoms with Crippen molar-refractivity contribution in [3.05, 3.63) is 83.0 Å². The summed E-state index contributed by atoms with van der Waals surface area (Å²) in [5, 5.41) is 6.06. The third-order valence-corrected chi connectivity index (χ3v) is 6.95. The van der Waals surface area contributed by atoms with Gasteiger partial charge >= 0.3 is 6.18 Å². The molecule has 13 heteroatoms. The zero-order chi connectivity index (χ0) is 24.7. The van der Waals surface area contributed by atoms with Crippen LogP contribution in [0.25, 0.3) is 10.9 Å². The van der Waals surface area contributed by atoms with Crippen LogP contribution in [0.3, 0.4) is 0 Å². The van der Waals surface area contributed by atoms with Gasteiger partial charge in [0.05, 0.1) is 16.1 Å². The number of anilines is 2. The SMILES string of the molecule is CNCc1cn(S(=O)(=O)c2cccc(F)c2)c2cc(Nc3ccc(C(F)(F)F)nc3Cl)ccc12.Cl. The molecule has 0 saturated carbocycles. The Balaban J connectivity index is 0.00000342. The van der Waals surface area contributed by atoms with Crippen LogP contribution < -0.4 is 10.6 Å². The van der Waals surface area contributed by atoms with Crippen molar-refractivity contribution < 1.29 is 26.0 Å². The van der Waals surface area contributed by atoms with Crippen molar-refractivity contribution in [2.75, 3.05) is 12.4 Å². The van der Waals surface area contributed by atoms with E-state index in [1.165, 1.54) is 24.4 Å². The molecule has 186 valence electrons. The molecule has 0 amide bonds. The van der Waals surface area contributed by atoms with Gasteiger partial charge in [-0.1, -0.05) is 23.7 Å². The molecule has 0 bridgehead atoms. The van der Waals surface area contributed by atoms with Crippen molar-refractivity contribution in [1.82, 2.24) is 14.3 Å². The van der Waals surface area contributed by atoms with E-state index in [1.807, 2.05) is 0 Å². The molecular weight excluding hydrogens is 531 g/mol. The molecule has 2 aromatic carbocycles. The van der Waals surface area contributed by atoms with Crippen molar-refractivity contribution >= 4 is 56.3 Å². The van der Waals surface area contributed by atoms with E-state index in [-0.39, 0.29) is 28.5 Å². The second-order valence-corrected chi connectivity index (χ2v) is 9.51. The summed E-state index contributed by atoms with van der Waals surface area (Å²) in [4.78, 5) is 3.14. The van der Waals surface area contributed by atoms with Gasteiger partial charge in [0.2, 0.25) is 0 Å². The minimum atomic E-state index is -4.64. The molecule has 0 fully saturated rings. The molecule has 0 radical (unpaired) electrons. The lowest BCUT2D eigenvalue weighted by Crippen LogP contribution is -2.12. The normalized spacial score (nSPS) is 11.9. The van der Waals surface area contributed by atoms with Crippen molar-refractivity contribution in [3.63, 3.8) is 0 Å². The van der Waals surface area contributed by atoms with E-state index in [2.05, 4.69) is 15.6 Å². The molecule has 35 heavy (non-hydrogen) atoms. The number of hydrogen-bond donors (Lipinski definition) is 2. The standard InChI is InChI=1S/C22H17ClF4N4O2S.ClH/c1-28-11-13-12-31(34(32,33)16-4-2-3-14(24)9-16)19-10-15(5-6-17(13)19)29-18-7-8-20(22(25,26)27)30-21(18)23;/h2-10,12,28-29H,11H2,1H3;1H. The van der Waals surface area contributed by atoms with Crippen molar-refractivity contribution in [1.29, 1.82) is 0 Å². The molecule has 0 atom stereocenters. The molecule has 0 spiro atoms. The van der Waals surface area contributed by atoms with Gasteiger partial charge in [0.1, 0.15) is 11.5 Å². The van der Waals surface area contributed by atoms with Crippen LogP contribution in [-0.2, 0) is 22.7 Å². The van der Waals surface area contributed by atoms with Crippen LogP contribution in [0, 0.1) is 5.82 Å². The van der Waals surface area contributed by atoms with Crippen LogP contribution >= 0.6 is 24.0 Å².